The third kappa shape index (κ3) is 6.94. The molecule has 114 valence electrons. The molecule has 0 fully saturated rings. The SMILES string of the molecule is COCC(C)CC(=O)NCc1ccccc1C#CCCO. The molecule has 0 aliphatic carbocycles. The quantitative estimate of drug-likeness (QED) is 0.751. The second-order valence-corrected chi connectivity index (χ2v) is 4.97. The van der Waals surface area contributed by atoms with Gasteiger partial charge < -0.3 is 15.2 Å². The predicted octanol–water partition coefficient (Wildman–Crippen LogP) is 1.71. The minimum absolute atomic E-state index is 0.0117. The zero-order valence-corrected chi connectivity index (χ0v) is 12.7. The van der Waals surface area contributed by atoms with Gasteiger partial charge in [0.05, 0.1) is 6.61 Å². The van der Waals surface area contributed by atoms with Gasteiger partial charge in [-0.1, -0.05) is 37.0 Å². The van der Waals surface area contributed by atoms with E-state index in [0.717, 1.165) is 11.1 Å². The van der Waals surface area contributed by atoms with E-state index in [9.17, 15) is 4.79 Å². The fourth-order valence-electron chi connectivity index (χ4n) is 1.94. The minimum atomic E-state index is 0.0117. The van der Waals surface area contributed by atoms with Crippen molar-refractivity contribution in [3.8, 4) is 11.8 Å². The first kappa shape index (κ1) is 17.2. The van der Waals surface area contributed by atoms with Crippen molar-refractivity contribution in [3.63, 3.8) is 0 Å². The molecule has 1 aromatic rings. The summed E-state index contributed by atoms with van der Waals surface area (Å²) in [6.45, 7) is 3.08. The number of carbonyl (C=O) groups excluding carboxylic acids is 1. The van der Waals surface area contributed by atoms with Crippen LogP contribution in [0, 0.1) is 17.8 Å². The van der Waals surface area contributed by atoms with Gasteiger partial charge in [0.2, 0.25) is 5.91 Å². The summed E-state index contributed by atoms with van der Waals surface area (Å²) in [6.07, 6.45) is 0.904. The fraction of sp³-hybridized carbons (Fsp3) is 0.471. The predicted molar refractivity (Wildman–Crippen MR) is 82.5 cm³/mol. The standard InChI is InChI=1S/C17H23NO3/c1-14(13-21-2)11-17(20)18-12-16-9-4-3-7-15(16)8-5-6-10-19/h3-4,7,9,14,19H,6,10-13H2,1-2H3,(H,18,20). The van der Waals surface area contributed by atoms with E-state index in [-0.39, 0.29) is 18.4 Å². The topological polar surface area (TPSA) is 58.6 Å². The lowest BCUT2D eigenvalue weighted by Crippen LogP contribution is -2.25. The number of amides is 1. The smallest absolute Gasteiger partial charge is 0.220 e. The normalized spacial score (nSPS) is 11.4. The van der Waals surface area contributed by atoms with Gasteiger partial charge in [-0.3, -0.25) is 4.79 Å². The van der Waals surface area contributed by atoms with Gasteiger partial charge in [-0.05, 0) is 17.5 Å². The average molecular weight is 289 g/mol. The second kappa shape index (κ2) is 9.98. The lowest BCUT2D eigenvalue weighted by molar-refractivity contribution is -0.122. The van der Waals surface area contributed by atoms with Gasteiger partial charge in [-0.2, -0.15) is 0 Å². The summed E-state index contributed by atoms with van der Waals surface area (Å²) in [6, 6.07) is 7.70. The maximum Gasteiger partial charge on any atom is 0.220 e. The van der Waals surface area contributed by atoms with Crippen molar-refractivity contribution < 1.29 is 14.6 Å². The number of nitrogens with one attached hydrogen (secondary N) is 1. The number of ether oxygens (including phenoxy) is 1. The van der Waals surface area contributed by atoms with Crippen LogP contribution in [0.5, 0.6) is 0 Å². The van der Waals surface area contributed by atoms with Crippen molar-refractivity contribution in [3.05, 3.63) is 35.4 Å². The van der Waals surface area contributed by atoms with Crippen LogP contribution < -0.4 is 5.32 Å². The molecule has 0 aromatic heterocycles. The van der Waals surface area contributed by atoms with Crippen molar-refractivity contribution in [1.29, 1.82) is 0 Å². The number of benzene rings is 1. The molecule has 1 unspecified atom stereocenters. The van der Waals surface area contributed by atoms with Crippen LogP contribution in [0.25, 0.3) is 0 Å². The molecule has 0 radical (unpaired) electrons. The molecule has 21 heavy (non-hydrogen) atoms. The summed E-state index contributed by atoms with van der Waals surface area (Å²) in [5, 5.41) is 11.7. The molecule has 0 saturated heterocycles. The van der Waals surface area contributed by atoms with Crippen LogP contribution in [-0.2, 0) is 16.1 Å². The molecular weight excluding hydrogens is 266 g/mol. The van der Waals surface area contributed by atoms with Crippen LogP contribution in [-0.4, -0.2) is 31.3 Å². The van der Waals surface area contributed by atoms with Crippen molar-refractivity contribution in [2.75, 3.05) is 20.3 Å². The lowest BCUT2D eigenvalue weighted by atomic mass is 10.1. The Balaban J connectivity index is 2.55. The van der Waals surface area contributed by atoms with Crippen LogP contribution in [0.3, 0.4) is 0 Å². The van der Waals surface area contributed by atoms with Gasteiger partial charge in [-0.15, -0.1) is 0 Å². The van der Waals surface area contributed by atoms with Gasteiger partial charge in [0.15, 0.2) is 0 Å². The monoisotopic (exact) mass is 289 g/mol. The first-order valence-electron chi connectivity index (χ1n) is 7.10. The van der Waals surface area contributed by atoms with Crippen LogP contribution in [0.1, 0.15) is 30.9 Å². The molecule has 1 amide bonds. The van der Waals surface area contributed by atoms with Crippen LogP contribution >= 0.6 is 0 Å². The first-order chi connectivity index (χ1) is 10.2. The molecule has 0 aliphatic heterocycles. The highest BCUT2D eigenvalue weighted by Crippen LogP contribution is 2.08. The maximum atomic E-state index is 11.8. The van der Waals surface area contributed by atoms with Gasteiger partial charge in [0.25, 0.3) is 0 Å². The summed E-state index contributed by atoms with van der Waals surface area (Å²) in [7, 11) is 1.63. The summed E-state index contributed by atoms with van der Waals surface area (Å²) < 4.78 is 5.02. The van der Waals surface area contributed by atoms with Crippen molar-refractivity contribution in [2.24, 2.45) is 5.92 Å². The van der Waals surface area contributed by atoms with E-state index in [0.29, 0.717) is 26.0 Å². The summed E-state index contributed by atoms with van der Waals surface area (Å²) in [4.78, 5) is 11.8. The van der Waals surface area contributed by atoms with E-state index in [1.54, 1.807) is 7.11 Å². The third-order valence-electron chi connectivity index (χ3n) is 2.94. The van der Waals surface area contributed by atoms with E-state index in [4.69, 9.17) is 9.84 Å². The molecule has 1 rings (SSSR count). The largest absolute Gasteiger partial charge is 0.395 e. The van der Waals surface area contributed by atoms with Crippen LogP contribution in [0.2, 0.25) is 0 Å². The zero-order chi connectivity index (χ0) is 15.5. The van der Waals surface area contributed by atoms with Crippen molar-refractivity contribution >= 4 is 5.91 Å². The van der Waals surface area contributed by atoms with E-state index < -0.39 is 0 Å². The molecule has 0 aliphatic rings. The fourth-order valence-corrected chi connectivity index (χ4v) is 1.94. The molecule has 4 nitrogen and oxygen atoms in total. The Morgan fingerprint density at radius 2 is 2.19 bits per heavy atom. The van der Waals surface area contributed by atoms with Crippen LogP contribution in [0.15, 0.2) is 24.3 Å². The number of aliphatic hydroxyl groups excluding tert-OH is 1. The molecule has 0 saturated carbocycles. The summed E-state index contributed by atoms with van der Waals surface area (Å²) >= 11 is 0. The highest BCUT2D eigenvalue weighted by atomic mass is 16.5. The molecule has 2 N–H and O–H groups in total. The first-order valence-corrected chi connectivity index (χ1v) is 7.10. The summed E-state index contributed by atoms with van der Waals surface area (Å²) in [5.74, 6) is 6.13. The molecule has 0 heterocycles. The molecule has 1 atom stereocenters. The van der Waals surface area contributed by atoms with Crippen molar-refractivity contribution in [2.45, 2.75) is 26.3 Å². The number of hydrogen-bond acceptors (Lipinski definition) is 3. The van der Waals surface area contributed by atoms with E-state index in [2.05, 4.69) is 17.2 Å². The Labute approximate surface area is 126 Å². The number of aliphatic hydroxyl groups is 1. The van der Waals surface area contributed by atoms with E-state index in [1.165, 1.54) is 0 Å². The number of rotatable bonds is 7. The Bertz CT molecular complexity index is 502. The van der Waals surface area contributed by atoms with Crippen molar-refractivity contribution in [1.82, 2.24) is 5.32 Å². The number of methoxy groups -OCH3 is 1. The van der Waals surface area contributed by atoms with Gasteiger partial charge in [0.1, 0.15) is 0 Å². The Morgan fingerprint density at radius 1 is 1.43 bits per heavy atom. The van der Waals surface area contributed by atoms with Gasteiger partial charge in [-0.25, -0.2) is 0 Å². The Morgan fingerprint density at radius 3 is 2.90 bits per heavy atom. The Hall–Kier alpha value is -1.83. The molecule has 1 aromatic carbocycles. The Kier molecular flexibility index (Phi) is 8.18. The van der Waals surface area contributed by atoms with E-state index >= 15 is 0 Å². The lowest BCUT2D eigenvalue weighted by Gasteiger charge is -2.11. The highest BCUT2D eigenvalue weighted by Gasteiger charge is 2.09. The van der Waals surface area contributed by atoms with Gasteiger partial charge >= 0.3 is 0 Å². The maximum absolute atomic E-state index is 11.8. The van der Waals surface area contributed by atoms with Gasteiger partial charge in [0, 0.05) is 38.7 Å². The third-order valence-corrected chi connectivity index (χ3v) is 2.94. The van der Waals surface area contributed by atoms with Crippen LogP contribution in [0.4, 0.5) is 0 Å². The molecule has 0 spiro atoms. The number of hydrogen-bond donors (Lipinski definition) is 2. The minimum Gasteiger partial charge on any atom is -0.395 e. The summed E-state index contributed by atoms with van der Waals surface area (Å²) in [5.41, 5.74) is 1.87. The highest BCUT2D eigenvalue weighted by molar-refractivity contribution is 5.76. The second-order valence-electron chi connectivity index (χ2n) is 4.97. The number of carbonyl (C=O) groups is 1. The zero-order valence-electron chi connectivity index (χ0n) is 12.7. The molecular formula is C17H23NO3. The molecule has 0 bridgehead atoms. The molecule has 4 heteroatoms. The van der Waals surface area contributed by atoms with E-state index in [1.807, 2.05) is 31.2 Å². The average Bonchev–Trinajstić information content (AvgIpc) is 2.46.